The fourth-order valence-corrected chi connectivity index (χ4v) is 1.14. The van der Waals surface area contributed by atoms with Crippen molar-refractivity contribution in [2.45, 2.75) is 0 Å². The first kappa shape index (κ1) is 6.70. The second kappa shape index (κ2) is 2.93. The zero-order valence-electron chi connectivity index (χ0n) is 4.91. The largest absolute Gasteiger partial charge is 0.459 e. The average molecular weight is 150 g/mol. The summed E-state index contributed by atoms with van der Waals surface area (Å²) in [5, 5.41) is 0. The van der Waals surface area contributed by atoms with Gasteiger partial charge in [0.05, 0.1) is 0 Å². The molecule has 52 valence electrons. The summed E-state index contributed by atoms with van der Waals surface area (Å²) in [6, 6.07) is 0. The van der Waals surface area contributed by atoms with E-state index in [2.05, 4.69) is 0 Å². The van der Waals surface area contributed by atoms with Crippen molar-refractivity contribution in [1.29, 1.82) is 0 Å². The lowest BCUT2D eigenvalue weighted by Gasteiger charge is -2.04. The van der Waals surface area contributed by atoms with Crippen molar-refractivity contribution in [3.8, 4) is 0 Å². The molecule has 0 atom stereocenters. The van der Waals surface area contributed by atoms with Crippen LogP contribution in [0.15, 0.2) is 0 Å². The molecule has 5 heteroatoms. The Kier molecular flexibility index (Phi) is 2.18. The highest BCUT2D eigenvalue weighted by Crippen LogP contribution is 1.86. The minimum Gasteiger partial charge on any atom is -0.368 e. The number of nitrogens with zero attached hydrogens (tertiary/aromatic N) is 1. The molecule has 9 heavy (non-hydrogen) atoms. The smallest absolute Gasteiger partial charge is 0.368 e. The molecule has 4 nitrogen and oxygen atoms in total. The Morgan fingerprint density at radius 3 is 2.11 bits per heavy atom. The highest BCUT2D eigenvalue weighted by molar-refractivity contribution is 7.58. The third kappa shape index (κ3) is 1.76. The van der Waals surface area contributed by atoms with E-state index in [-0.39, 0.29) is 0 Å². The molecule has 1 aliphatic rings. The van der Waals surface area contributed by atoms with Gasteiger partial charge in [0.1, 0.15) is 13.2 Å². The number of hydrogen-bond acceptors (Lipinski definition) is 3. The molecule has 1 rings (SSSR count). The van der Waals surface area contributed by atoms with Crippen LogP contribution in [0.2, 0.25) is 0 Å². The molecule has 0 aromatic carbocycles. The maximum atomic E-state index is 10.2. The molecule has 0 N–H and O–H groups in total. The van der Waals surface area contributed by atoms with Crippen LogP contribution >= 0.6 is 0 Å². The summed E-state index contributed by atoms with van der Waals surface area (Å²) in [5.74, 6) is 0. The van der Waals surface area contributed by atoms with Crippen molar-refractivity contribution < 1.29 is 17.1 Å². The predicted octanol–water partition coefficient (Wildman–Crippen LogP) is -0.908. The van der Waals surface area contributed by atoms with Crippen LogP contribution in [0.5, 0.6) is 0 Å². The van der Waals surface area contributed by atoms with Gasteiger partial charge in [-0.05, 0) is 0 Å². The van der Waals surface area contributed by atoms with E-state index in [0.29, 0.717) is 26.3 Å². The van der Waals surface area contributed by atoms with Crippen LogP contribution < -0.4 is 0 Å². The Morgan fingerprint density at radius 1 is 1.22 bits per heavy atom. The zero-order valence-corrected chi connectivity index (χ0v) is 5.73. The molecule has 0 aromatic heterocycles. The maximum absolute atomic E-state index is 10.2. The van der Waals surface area contributed by atoms with Crippen molar-refractivity contribution >= 4 is 10.5 Å². The van der Waals surface area contributed by atoms with E-state index in [0.717, 1.165) is 0 Å². The summed E-state index contributed by atoms with van der Waals surface area (Å²) in [4.78, 5) is 0. The van der Waals surface area contributed by atoms with Gasteiger partial charge in [0.15, 0.2) is 13.1 Å². The molecule has 0 amide bonds. The maximum Gasteiger partial charge on any atom is 0.459 e. The Hall–Kier alpha value is -0.420. The standard InChI is InChI=1S/C4H8NO3S/c6-9(7)5-1-3-8-4-2-5/h1-4H2/q+1. The third-order valence-corrected chi connectivity index (χ3v) is 1.97. The van der Waals surface area contributed by atoms with E-state index < -0.39 is 10.5 Å². The van der Waals surface area contributed by atoms with Gasteiger partial charge in [0, 0.05) is 0 Å². The minimum absolute atomic E-state index is 0.496. The fraction of sp³-hybridized carbons (Fsp3) is 1.00. The van der Waals surface area contributed by atoms with E-state index in [1.54, 1.807) is 0 Å². The topological polar surface area (TPSA) is 46.4 Å². The second-order valence-corrected chi connectivity index (χ2v) is 2.71. The van der Waals surface area contributed by atoms with Gasteiger partial charge in [-0.15, -0.1) is 12.4 Å². The Balaban J connectivity index is 2.72. The van der Waals surface area contributed by atoms with Crippen LogP contribution in [-0.2, 0) is 15.2 Å². The molecule has 0 aliphatic carbocycles. The molecule has 1 aliphatic heterocycles. The minimum atomic E-state index is -2.05. The van der Waals surface area contributed by atoms with Crippen LogP contribution in [-0.4, -0.2) is 38.7 Å². The lowest BCUT2D eigenvalue weighted by Crippen LogP contribution is -2.27. The molecule has 0 saturated carbocycles. The monoisotopic (exact) mass is 150 g/mol. The summed E-state index contributed by atoms with van der Waals surface area (Å²) in [6.07, 6.45) is 0. The SMILES string of the molecule is O=S(=O)=[N+]1CCOCC1. The van der Waals surface area contributed by atoms with Crippen molar-refractivity contribution in [2.24, 2.45) is 0 Å². The zero-order chi connectivity index (χ0) is 6.69. The van der Waals surface area contributed by atoms with Crippen LogP contribution in [0.3, 0.4) is 0 Å². The molecule has 0 bridgehead atoms. The summed E-state index contributed by atoms with van der Waals surface area (Å²) < 4.78 is 26.7. The first-order valence-electron chi connectivity index (χ1n) is 2.73. The van der Waals surface area contributed by atoms with Gasteiger partial charge in [0.25, 0.3) is 0 Å². The van der Waals surface area contributed by atoms with E-state index >= 15 is 0 Å². The lowest BCUT2D eigenvalue weighted by molar-refractivity contribution is -0.526. The normalized spacial score (nSPS) is 19.8. The molecule has 0 spiro atoms. The number of morpholine rings is 1. The van der Waals surface area contributed by atoms with E-state index in [1.807, 2.05) is 0 Å². The molecule has 1 fully saturated rings. The highest BCUT2D eigenvalue weighted by Gasteiger charge is 2.12. The van der Waals surface area contributed by atoms with Crippen LogP contribution in [0.4, 0.5) is 0 Å². The van der Waals surface area contributed by atoms with Gasteiger partial charge in [-0.25, -0.2) is 0 Å². The molecule has 0 radical (unpaired) electrons. The Labute approximate surface area is 54.7 Å². The van der Waals surface area contributed by atoms with Crippen LogP contribution in [0.1, 0.15) is 0 Å². The van der Waals surface area contributed by atoms with Crippen LogP contribution in [0, 0.1) is 0 Å². The first-order valence-corrected chi connectivity index (χ1v) is 3.76. The van der Waals surface area contributed by atoms with Gasteiger partial charge < -0.3 is 4.74 Å². The van der Waals surface area contributed by atoms with Gasteiger partial charge in [0.2, 0.25) is 0 Å². The van der Waals surface area contributed by atoms with Crippen molar-refractivity contribution in [3.63, 3.8) is 0 Å². The lowest BCUT2D eigenvalue weighted by atomic mass is 10.5. The van der Waals surface area contributed by atoms with E-state index in [9.17, 15) is 8.42 Å². The molecule has 0 unspecified atom stereocenters. The van der Waals surface area contributed by atoms with Crippen LogP contribution in [0.25, 0.3) is 0 Å². The van der Waals surface area contributed by atoms with Crippen molar-refractivity contribution in [1.82, 2.24) is 0 Å². The number of ether oxygens (including phenoxy) is 1. The molecule has 1 saturated heterocycles. The van der Waals surface area contributed by atoms with Gasteiger partial charge >= 0.3 is 10.5 Å². The summed E-state index contributed by atoms with van der Waals surface area (Å²) in [6.45, 7) is 2.04. The fourth-order valence-electron chi connectivity index (χ4n) is 0.696. The Bertz CT molecular complexity index is 202. The summed E-state index contributed by atoms with van der Waals surface area (Å²) in [7, 11) is -2.05. The first-order chi connectivity index (χ1) is 4.30. The number of rotatable bonds is 0. The molecular weight excluding hydrogens is 142 g/mol. The quantitative estimate of drug-likeness (QED) is 0.420. The second-order valence-electron chi connectivity index (χ2n) is 1.76. The Morgan fingerprint density at radius 2 is 1.78 bits per heavy atom. The van der Waals surface area contributed by atoms with Crippen molar-refractivity contribution in [2.75, 3.05) is 26.3 Å². The highest BCUT2D eigenvalue weighted by atomic mass is 32.2. The van der Waals surface area contributed by atoms with Gasteiger partial charge in [-0.1, -0.05) is 0 Å². The summed E-state index contributed by atoms with van der Waals surface area (Å²) in [5.41, 5.74) is 0. The van der Waals surface area contributed by atoms with Gasteiger partial charge in [-0.2, -0.15) is 0 Å². The molecule has 1 heterocycles. The van der Waals surface area contributed by atoms with E-state index in [4.69, 9.17) is 4.74 Å². The number of hydrogen-bond donors (Lipinski definition) is 0. The average Bonchev–Trinajstić information content (AvgIpc) is 1.90. The molecular formula is C4H8NO3S+. The summed E-state index contributed by atoms with van der Waals surface area (Å²) >= 11 is 0. The van der Waals surface area contributed by atoms with Gasteiger partial charge in [-0.3, -0.25) is 0 Å². The predicted molar refractivity (Wildman–Crippen MR) is 29.7 cm³/mol. The van der Waals surface area contributed by atoms with E-state index in [1.165, 1.54) is 3.95 Å². The third-order valence-electron chi connectivity index (χ3n) is 1.18. The molecule has 0 aromatic rings. The van der Waals surface area contributed by atoms with Crippen molar-refractivity contribution in [3.05, 3.63) is 0 Å².